The highest BCUT2D eigenvalue weighted by Crippen LogP contribution is 2.30. The minimum atomic E-state index is -1.70. The molecule has 1 aliphatic heterocycles. The highest BCUT2D eigenvalue weighted by molar-refractivity contribution is 5.76. The lowest BCUT2D eigenvalue weighted by Crippen LogP contribution is -2.62. The van der Waals surface area contributed by atoms with Gasteiger partial charge in [-0.05, 0) is 62.3 Å². The molecule has 1 aliphatic rings. The second-order valence-electron chi connectivity index (χ2n) is 10.6. The van der Waals surface area contributed by atoms with Gasteiger partial charge in [-0.1, -0.05) is 0 Å². The number of aliphatic hydroxyl groups excluding tert-OH is 2. The Hall–Kier alpha value is -1.71. The minimum Gasteiger partial charge on any atom is -0.462 e. The molecule has 0 amide bonds. The summed E-state index contributed by atoms with van der Waals surface area (Å²) in [5.41, 5.74) is -2.57. The van der Waals surface area contributed by atoms with Gasteiger partial charge in [0.1, 0.15) is 18.8 Å². The van der Waals surface area contributed by atoms with Crippen molar-refractivity contribution in [3.05, 3.63) is 0 Å². The van der Waals surface area contributed by atoms with Crippen LogP contribution in [0.4, 0.5) is 0 Å². The fraction of sp³-hybridized carbons (Fsp3) is 0.857. The zero-order valence-corrected chi connectivity index (χ0v) is 19.3. The van der Waals surface area contributed by atoms with Crippen molar-refractivity contribution < 1.29 is 43.5 Å². The molecule has 9 nitrogen and oxygen atoms in total. The number of rotatable bonds is 4. The second-order valence-corrected chi connectivity index (χ2v) is 10.6. The number of hydrogen-bond donors (Lipinski definition) is 2. The van der Waals surface area contributed by atoms with E-state index < -0.39 is 64.9 Å². The fourth-order valence-corrected chi connectivity index (χ4v) is 2.29. The predicted molar refractivity (Wildman–Crippen MR) is 106 cm³/mol. The first kappa shape index (κ1) is 26.3. The van der Waals surface area contributed by atoms with Crippen LogP contribution in [0.3, 0.4) is 0 Å². The molecule has 0 bridgehead atoms. The van der Waals surface area contributed by atoms with E-state index in [4.69, 9.17) is 18.9 Å². The summed E-state index contributed by atoms with van der Waals surface area (Å²) in [4.78, 5) is 36.8. The van der Waals surface area contributed by atoms with Crippen LogP contribution in [-0.2, 0) is 33.3 Å². The molecule has 0 aliphatic carbocycles. The van der Waals surface area contributed by atoms with Crippen molar-refractivity contribution in [2.45, 2.75) is 93.0 Å². The Bertz CT molecular complexity index is 634. The lowest BCUT2D eigenvalue weighted by Gasteiger charge is -2.42. The molecule has 9 heteroatoms. The summed E-state index contributed by atoms with van der Waals surface area (Å²) in [6.07, 6.45) is -7.26. The van der Waals surface area contributed by atoms with Gasteiger partial charge in [0.25, 0.3) is 0 Å². The Labute approximate surface area is 178 Å². The van der Waals surface area contributed by atoms with Gasteiger partial charge in [-0.15, -0.1) is 0 Å². The van der Waals surface area contributed by atoms with Gasteiger partial charge in [-0.3, -0.25) is 14.4 Å². The SMILES string of the molecule is CC(C)(C)C(=O)OC[C@H]1O[C@H](O)[C@@H](OC(=O)C(C)(C)C)[C@@H](O)[C@@H]1OC(=O)C(C)(C)C. The van der Waals surface area contributed by atoms with Crippen LogP contribution in [0.1, 0.15) is 62.3 Å². The van der Waals surface area contributed by atoms with Gasteiger partial charge >= 0.3 is 17.9 Å². The molecule has 0 aromatic rings. The maximum atomic E-state index is 12.4. The van der Waals surface area contributed by atoms with E-state index in [-0.39, 0.29) is 6.61 Å². The van der Waals surface area contributed by atoms with Gasteiger partial charge in [0.05, 0.1) is 16.2 Å². The Morgan fingerprint density at radius 3 is 1.53 bits per heavy atom. The molecule has 1 fully saturated rings. The van der Waals surface area contributed by atoms with Crippen LogP contribution in [0.15, 0.2) is 0 Å². The Balaban J connectivity index is 3.09. The average Bonchev–Trinajstić information content (AvgIpc) is 2.56. The molecular formula is C21H36O9. The second kappa shape index (κ2) is 9.20. The maximum absolute atomic E-state index is 12.4. The van der Waals surface area contributed by atoms with Gasteiger partial charge in [0, 0.05) is 0 Å². The van der Waals surface area contributed by atoms with E-state index in [1.165, 1.54) is 0 Å². The van der Waals surface area contributed by atoms with Crippen LogP contribution >= 0.6 is 0 Å². The van der Waals surface area contributed by atoms with Crippen LogP contribution < -0.4 is 0 Å². The first-order chi connectivity index (χ1) is 13.4. The Kier molecular flexibility index (Phi) is 8.07. The molecule has 0 saturated carbocycles. The number of ether oxygens (including phenoxy) is 4. The molecule has 0 radical (unpaired) electrons. The predicted octanol–water partition coefficient (Wildman–Crippen LogP) is 1.57. The highest BCUT2D eigenvalue weighted by atomic mass is 16.7. The van der Waals surface area contributed by atoms with E-state index in [2.05, 4.69) is 0 Å². The van der Waals surface area contributed by atoms with Crippen LogP contribution in [0, 0.1) is 16.2 Å². The zero-order valence-electron chi connectivity index (χ0n) is 19.3. The van der Waals surface area contributed by atoms with E-state index >= 15 is 0 Å². The van der Waals surface area contributed by atoms with Gasteiger partial charge in [-0.25, -0.2) is 0 Å². The van der Waals surface area contributed by atoms with Crippen molar-refractivity contribution in [3.63, 3.8) is 0 Å². The van der Waals surface area contributed by atoms with E-state index in [0.717, 1.165) is 0 Å². The standard InChI is InChI=1S/C21H36O9/c1-19(2,3)16(24)27-10-11-13(29-17(25)20(4,5)6)12(22)14(15(23)28-11)30-18(26)21(7,8)9/h11-15,22-23H,10H2,1-9H3/t11-,12+,13-,14+,15+/m1/s1. The summed E-state index contributed by atoms with van der Waals surface area (Å²) < 4.78 is 21.3. The van der Waals surface area contributed by atoms with E-state index in [1.807, 2.05) is 0 Å². The van der Waals surface area contributed by atoms with Crippen molar-refractivity contribution >= 4 is 17.9 Å². The van der Waals surface area contributed by atoms with Gasteiger partial charge in [-0.2, -0.15) is 0 Å². The Morgan fingerprint density at radius 2 is 1.13 bits per heavy atom. The maximum Gasteiger partial charge on any atom is 0.311 e. The largest absolute Gasteiger partial charge is 0.462 e. The zero-order chi connectivity index (χ0) is 23.7. The van der Waals surface area contributed by atoms with Crippen molar-refractivity contribution in [1.29, 1.82) is 0 Å². The molecule has 5 atom stereocenters. The van der Waals surface area contributed by atoms with Crippen LogP contribution in [0.25, 0.3) is 0 Å². The summed E-state index contributed by atoms with van der Waals surface area (Å²) in [5.74, 6) is -1.84. The molecule has 1 saturated heterocycles. The first-order valence-corrected chi connectivity index (χ1v) is 9.96. The molecular weight excluding hydrogens is 396 g/mol. The van der Waals surface area contributed by atoms with Crippen LogP contribution in [-0.4, -0.2) is 65.4 Å². The number of carbonyl (C=O) groups excluding carboxylic acids is 3. The summed E-state index contributed by atoms with van der Waals surface area (Å²) in [6, 6.07) is 0. The highest BCUT2D eigenvalue weighted by Gasteiger charge is 2.50. The van der Waals surface area contributed by atoms with Crippen LogP contribution in [0.5, 0.6) is 0 Å². The fourth-order valence-electron chi connectivity index (χ4n) is 2.29. The number of esters is 3. The molecule has 1 heterocycles. The topological polar surface area (TPSA) is 129 Å². The molecule has 174 valence electrons. The molecule has 0 spiro atoms. The smallest absolute Gasteiger partial charge is 0.311 e. The third-order valence-corrected chi connectivity index (χ3v) is 4.34. The summed E-state index contributed by atoms with van der Waals surface area (Å²) >= 11 is 0. The van der Waals surface area contributed by atoms with E-state index in [0.29, 0.717) is 0 Å². The first-order valence-electron chi connectivity index (χ1n) is 9.96. The third-order valence-electron chi connectivity index (χ3n) is 4.34. The summed E-state index contributed by atoms with van der Waals surface area (Å²) in [7, 11) is 0. The summed E-state index contributed by atoms with van der Waals surface area (Å²) in [5, 5.41) is 21.1. The van der Waals surface area contributed by atoms with Crippen molar-refractivity contribution in [1.82, 2.24) is 0 Å². The average molecular weight is 433 g/mol. The molecule has 2 N–H and O–H groups in total. The number of carbonyl (C=O) groups is 3. The number of hydrogen-bond acceptors (Lipinski definition) is 9. The minimum absolute atomic E-state index is 0.369. The van der Waals surface area contributed by atoms with Crippen molar-refractivity contribution in [2.75, 3.05) is 6.61 Å². The van der Waals surface area contributed by atoms with Crippen LogP contribution in [0.2, 0.25) is 0 Å². The number of aliphatic hydroxyl groups is 2. The van der Waals surface area contributed by atoms with Crippen molar-refractivity contribution in [2.24, 2.45) is 16.2 Å². The van der Waals surface area contributed by atoms with E-state index in [9.17, 15) is 24.6 Å². The lowest BCUT2D eigenvalue weighted by atomic mass is 9.94. The van der Waals surface area contributed by atoms with Crippen molar-refractivity contribution in [3.8, 4) is 0 Å². The normalized spacial score (nSPS) is 27.9. The molecule has 0 aromatic heterocycles. The quantitative estimate of drug-likeness (QED) is 0.502. The third kappa shape index (κ3) is 6.92. The molecule has 1 rings (SSSR count). The molecule has 0 unspecified atom stereocenters. The molecule has 0 aromatic carbocycles. The van der Waals surface area contributed by atoms with Gasteiger partial charge in [0.2, 0.25) is 0 Å². The monoisotopic (exact) mass is 432 g/mol. The van der Waals surface area contributed by atoms with Gasteiger partial charge in [0.15, 0.2) is 18.5 Å². The lowest BCUT2D eigenvalue weighted by molar-refractivity contribution is -0.297. The van der Waals surface area contributed by atoms with E-state index in [1.54, 1.807) is 62.3 Å². The Morgan fingerprint density at radius 1 is 0.733 bits per heavy atom. The summed E-state index contributed by atoms with van der Waals surface area (Å²) in [6.45, 7) is 14.4. The van der Waals surface area contributed by atoms with Gasteiger partial charge < -0.3 is 29.2 Å². The molecule has 30 heavy (non-hydrogen) atoms.